The van der Waals surface area contributed by atoms with E-state index in [1.54, 1.807) is 23.8 Å². The molecule has 5 nitrogen and oxygen atoms in total. The maximum atomic E-state index is 13.9. The molecule has 1 fully saturated rings. The number of anilines is 1. The van der Waals surface area contributed by atoms with Crippen LogP contribution in [0.3, 0.4) is 0 Å². The molecule has 0 N–H and O–H groups in total. The highest BCUT2D eigenvalue weighted by Gasteiger charge is 2.39. The third-order valence-electron chi connectivity index (χ3n) is 6.26. The van der Waals surface area contributed by atoms with Crippen molar-refractivity contribution in [2.45, 2.75) is 11.4 Å². The van der Waals surface area contributed by atoms with E-state index in [9.17, 15) is 4.79 Å². The number of rotatable bonds is 4. The predicted octanol–water partition coefficient (Wildman–Crippen LogP) is 7.02. The molecule has 1 amide bonds. The molecule has 0 spiro atoms. The number of thioether (sulfide) groups is 2. The maximum Gasteiger partial charge on any atom is 0.269 e. The highest BCUT2D eigenvalue weighted by atomic mass is 32.2. The van der Waals surface area contributed by atoms with Crippen molar-refractivity contribution in [2.75, 3.05) is 19.1 Å². The van der Waals surface area contributed by atoms with E-state index >= 15 is 0 Å². The summed E-state index contributed by atoms with van der Waals surface area (Å²) in [5.41, 5.74) is 2.95. The molecule has 0 saturated carbocycles. The van der Waals surface area contributed by atoms with Crippen LogP contribution in [0.2, 0.25) is 0 Å². The first kappa shape index (κ1) is 22.8. The minimum Gasteiger partial charge on any atom is -0.497 e. The molecule has 2 aliphatic heterocycles. The lowest BCUT2D eigenvalue weighted by Crippen LogP contribution is -2.29. The first-order valence-corrected chi connectivity index (χ1v) is 13.2. The summed E-state index contributed by atoms with van der Waals surface area (Å²) in [5.74, 6) is 0.763. The van der Waals surface area contributed by atoms with E-state index < -0.39 is 0 Å². The van der Waals surface area contributed by atoms with Gasteiger partial charge in [0.05, 0.1) is 30.1 Å². The molecular weight excluding hydrogens is 486 g/mol. The Kier molecular flexibility index (Phi) is 5.95. The second-order valence-electron chi connectivity index (χ2n) is 8.50. The van der Waals surface area contributed by atoms with Gasteiger partial charge in [-0.25, -0.2) is 4.99 Å². The third-order valence-corrected chi connectivity index (χ3v) is 8.69. The summed E-state index contributed by atoms with van der Waals surface area (Å²) in [7, 11) is 3.66. The molecular formula is C29H23N3O2S2. The van der Waals surface area contributed by atoms with Crippen LogP contribution in [-0.4, -0.2) is 30.1 Å². The molecule has 4 aromatic carbocycles. The van der Waals surface area contributed by atoms with Gasteiger partial charge in [0.2, 0.25) is 0 Å². The molecule has 1 saturated heterocycles. The number of benzene rings is 4. The predicted molar refractivity (Wildman–Crippen MR) is 150 cm³/mol. The quantitative estimate of drug-likeness (QED) is 0.277. The van der Waals surface area contributed by atoms with Crippen LogP contribution >= 0.6 is 23.5 Å². The average molecular weight is 510 g/mol. The fourth-order valence-corrected chi connectivity index (χ4v) is 6.70. The van der Waals surface area contributed by atoms with Gasteiger partial charge in [0.1, 0.15) is 10.7 Å². The van der Waals surface area contributed by atoms with Crippen molar-refractivity contribution < 1.29 is 9.53 Å². The second-order valence-corrected chi connectivity index (χ2v) is 10.5. The maximum absolute atomic E-state index is 13.9. The monoisotopic (exact) mass is 509 g/mol. The largest absolute Gasteiger partial charge is 0.497 e. The molecule has 178 valence electrons. The summed E-state index contributed by atoms with van der Waals surface area (Å²) in [6, 6.07) is 30.3. The fraction of sp³-hybridized carbons (Fsp3) is 0.103. The van der Waals surface area contributed by atoms with Crippen LogP contribution in [0.25, 0.3) is 10.8 Å². The number of aliphatic imine (C=N–C) groups is 1. The van der Waals surface area contributed by atoms with Crippen molar-refractivity contribution in [3.8, 4) is 5.75 Å². The summed E-state index contributed by atoms with van der Waals surface area (Å²) in [4.78, 5) is 24.6. The number of ether oxygens (including phenoxy) is 1. The number of hydrogen-bond acceptors (Lipinski definition) is 6. The van der Waals surface area contributed by atoms with Crippen LogP contribution in [0.4, 0.5) is 11.4 Å². The third kappa shape index (κ3) is 4.04. The number of amides is 1. The van der Waals surface area contributed by atoms with Gasteiger partial charge < -0.3 is 9.64 Å². The zero-order valence-corrected chi connectivity index (χ0v) is 21.5. The van der Waals surface area contributed by atoms with Crippen LogP contribution in [0.5, 0.6) is 5.75 Å². The zero-order valence-electron chi connectivity index (χ0n) is 19.8. The zero-order chi connectivity index (χ0) is 24.6. The van der Waals surface area contributed by atoms with Crippen LogP contribution in [0.1, 0.15) is 5.56 Å². The van der Waals surface area contributed by atoms with E-state index in [2.05, 4.69) is 23.1 Å². The van der Waals surface area contributed by atoms with Crippen LogP contribution in [-0.2, 0) is 11.3 Å². The van der Waals surface area contributed by atoms with Crippen molar-refractivity contribution in [1.82, 2.24) is 4.90 Å². The molecule has 6 rings (SSSR count). The molecule has 0 unspecified atom stereocenters. The Hall–Kier alpha value is -3.68. The highest BCUT2D eigenvalue weighted by Crippen LogP contribution is 2.51. The van der Waals surface area contributed by atoms with Gasteiger partial charge in [-0.2, -0.15) is 0 Å². The van der Waals surface area contributed by atoms with Crippen LogP contribution < -0.4 is 9.64 Å². The van der Waals surface area contributed by atoms with Gasteiger partial charge >= 0.3 is 0 Å². The second kappa shape index (κ2) is 9.41. The summed E-state index contributed by atoms with van der Waals surface area (Å²) >= 11 is 3.05. The number of carbonyl (C=O) groups is 1. The number of nitrogens with zero attached hydrogens (tertiary/aromatic N) is 3. The van der Waals surface area contributed by atoms with E-state index in [4.69, 9.17) is 9.73 Å². The number of fused-ring (bicyclic) bond motifs is 2. The molecule has 0 aromatic heterocycles. The fourth-order valence-electron chi connectivity index (χ4n) is 4.39. The molecule has 2 heterocycles. The van der Waals surface area contributed by atoms with E-state index in [0.717, 1.165) is 43.4 Å². The van der Waals surface area contributed by atoms with E-state index in [-0.39, 0.29) is 5.91 Å². The Labute approximate surface area is 218 Å². The standard InChI is InChI=1S/C29H23N3O2S2/c1-31-24-17-21(34-2)15-16-25(24)35-28(31)26-27(33)32(18-19-9-4-3-5-10-19)29(36-26)30-23-14-8-12-20-11-6-7-13-22(20)23/h3-17H,18H2,1-2H3/b28-26-,30-29?. The lowest BCUT2D eigenvalue weighted by molar-refractivity contribution is -0.122. The Balaban J connectivity index is 1.44. The van der Waals surface area contributed by atoms with Gasteiger partial charge in [0.25, 0.3) is 5.91 Å². The summed E-state index contributed by atoms with van der Waals surface area (Å²) < 4.78 is 5.42. The van der Waals surface area contributed by atoms with E-state index in [0.29, 0.717) is 16.6 Å². The van der Waals surface area contributed by atoms with Gasteiger partial charge in [-0.1, -0.05) is 78.5 Å². The average Bonchev–Trinajstić information content (AvgIpc) is 3.40. The molecule has 36 heavy (non-hydrogen) atoms. The number of methoxy groups -OCH3 is 1. The van der Waals surface area contributed by atoms with Crippen LogP contribution in [0, 0.1) is 0 Å². The Morgan fingerprint density at radius 1 is 0.889 bits per heavy atom. The SMILES string of the molecule is COc1ccc2c(c1)N(C)/C(=C1/SC(=Nc3cccc4ccccc34)N(Cc3ccccc3)C1=O)S2. The van der Waals surface area contributed by atoms with Gasteiger partial charge in [-0.3, -0.25) is 9.69 Å². The summed E-state index contributed by atoms with van der Waals surface area (Å²) in [5, 5.41) is 3.78. The Morgan fingerprint density at radius 2 is 1.67 bits per heavy atom. The molecule has 0 radical (unpaired) electrons. The van der Waals surface area contributed by atoms with Crippen molar-refractivity contribution in [2.24, 2.45) is 4.99 Å². The smallest absolute Gasteiger partial charge is 0.269 e. The lowest BCUT2D eigenvalue weighted by Gasteiger charge is -2.17. The Bertz CT molecular complexity index is 1540. The molecule has 2 aliphatic rings. The molecule has 0 bridgehead atoms. The molecule has 7 heteroatoms. The molecule has 0 atom stereocenters. The van der Waals surface area contributed by atoms with Gasteiger partial charge in [-0.05, 0) is 40.9 Å². The van der Waals surface area contributed by atoms with Crippen molar-refractivity contribution in [3.63, 3.8) is 0 Å². The first-order chi connectivity index (χ1) is 17.6. The van der Waals surface area contributed by atoms with Crippen LogP contribution in [0.15, 0.2) is 111 Å². The normalized spacial score (nSPS) is 18.4. The first-order valence-electron chi connectivity index (χ1n) is 11.6. The number of amidine groups is 1. The lowest BCUT2D eigenvalue weighted by atomic mass is 10.1. The highest BCUT2D eigenvalue weighted by molar-refractivity contribution is 8.19. The molecule has 4 aromatic rings. The summed E-state index contributed by atoms with van der Waals surface area (Å²) in [6.07, 6.45) is 0. The van der Waals surface area contributed by atoms with Gasteiger partial charge in [0, 0.05) is 23.4 Å². The topological polar surface area (TPSA) is 45.1 Å². The van der Waals surface area contributed by atoms with Crippen molar-refractivity contribution in [3.05, 3.63) is 106 Å². The molecule has 0 aliphatic carbocycles. The van der Waals surface area contributed by atoms with E-state index in [1.165, 1.54) is 11.8 Å². The van der Waals surface area contributed by atoms with Gasteiger partial charge in [0.15, 0.2) is 5.17 Å². The minimum absolute atomic E-state index is 0.0306. The number of carbonyl (C=O) groups excluding carboxylic acids is 1. The van der Waals surface area contributed by atoms with Crippen molar-refractivity contribution >= 4 is 56.7 Å². The van der Waals surface area contributed by atoms with Gasteiger partial charge in [-0.15, -0.1) is 0 Å². The number of hydrogen-bond donors (Lipinski definition) is 0. The van der Waals surface area contributed by atoms with Crippen molar-refractivity contribution in [1.29, 1.82) is 0 Å². The Morgan fingerprint density at radius 3 is 2.50 bits per heavy atom. The summed E-state index contributed by atoms with van der Waals surface area (Å²) in [6.45, 7) is 0.461. The minimum atomic E-state index is -0.0306. The van der Waals surface area contributed by atoms with E-state index in [1.807, 2.05) is 79.8 Å².